The monoisotopic (exact) mass is 216 g/mol. The molecule has 3 nitrogen and oxygen atoms in total. The van der Waals surface area contributed by atoms with Gasteiger partial charge in [-0.1, -0.05) is 30.3 Å². The Morgan fingerprint density at radius 2 is 2.21 bits per heavy atom. The van der Waals surface area contributed by atoms with E-state index in [2.05, 4.69) is 11.3 Å². The van der Waals surface area contributed by atoms with Gasteiger partial charge in [0.1, 0.15) is 0 Å². The number of halogens is 1. The Bertz CT molecular complexity index is 279. The maximum atomic E-state index is 11.0. The Morgan fingerprint density at radius 3 is 2.57 bits per heavy atom. The Morgan fingerprint density at radius 1 is 1.64 bits per heavy atom. The topological polar surface area (TPSA) is 46.5 Å². The fourth-order valence-electron chi connectivity index (χ4n) is 0.821. The zero-order valence-corrected chi connectivity index (χ0v) is 8.91. The van der Waals surface area contributed by atoms with Crippen LogP contribution in [0.15, 0.2) is 35.4 Å². The molecule has 0 radical (unpaired) electrons. The van der Waals surface area contributed by atoms with E-state index in [0.717, 1.165) is 0 Å². The number of carbonyl (C=O) groups is 1. The fraction of sp³-hybridized carbons (Fsp3) is 0.300. The number of hydrogen-bond acceptors (Lipinski definition) is 3. The minimum Gasteiger partial charge on any atom is -0.467 e. The van der Waals surface area contributed by atoms with Crippen molar-refractivity contribution >= 4 is 17.6 Å². The zero-order valence-electron chi connectivity index (χ0n) is 8.16. The summed E-state index contributed by atoms with van der Waals surface area (Å²) in [6.07, 6.45) is 3.19. The minimum absolute atomic E-state index is 0.233. The van der Waals surface area contributed by atoms with Gasteiger partial charge in [0, 0.05) is 10.6 Å². The van der Waals surface area contributed by atoms with Crippen LogP contribution in [0.1, 0.15) is 6.92 Å². The lowest BCUT2D eigenvalue weighted by Gasteiger charge is -2.10. The van der Waals surface area contributed by atoms with E-state index in [0.29, 0.717) is 0 Å². The third kappa shape index (κ3) is 3.36. The van der Waals surface area contributed by atoms with Crippen molar-refractivity contribution in [2.75, 3.05) is 7.11 Å². The van der Waals surface area contributed by atoms with Gasteiger partial charge in [0.05, 0.1) is 7.11 Å². The first-order valence-electron chi connectivity index (χ1n) is 3.99. The number of allylic oxidation sites excluding steroid dienone is 3. The van der Waals surface area contributed by atoms with Gasteiger partial charge in [0.15, 0.2) is 6.10 Å². The highest BCUT2D eigenvalue weighted by Crippen LogP contribution is 2.16. The number of aliphatic hydroxyl groups excluding tert-OH is 1. The standard InChI is InChI=1S/C10H13ClO3/c1-4-6-8(11)7(5-2)9(12)10(13)14-3/h4-6,9,12H,2H2,1,3H3/b6-4-,8-7-/t9-/m1/s1. The van der Waals surface area contributed by atoms with Crippen molar-refractivity contribution in [3.05, 3.63) is 35.4 Å². The van der Waals surface area contributed by atoms with Crippen molar-refractivity contribution in [3.8, 4) is 0 Å². The lowest BCUT2D eigenvalue weighted by molar-refractivity contribution is -0.148. The molecule has 0 saturated heterocycles. The summed E-state index contributed by atoms with van der Waals surface area (Å²) in [5.74, 6) is -0.762. The number of carbonyl (C=O) groups excluding carboxylic acids is 1. The molecule has 0 fully saturated rings. The highest BCUT2D eigenvalue weighted by atomic mass is 35.5. The molecule has 0 aliphatic heterocycles. The second kappa shape index (κ2) is 6.40. The van der Waals surface area contributed by atoms with Gasteiger partial charge in [-0.25, -0.2) is 4.79 Å². The van der Waals surface area contributed by atoms with Crippen LogP contribution in [0, 0.1) is 0 Å². The smallest absolute Gasteiger partial charge is 0.339 e. The van der Waals surface area contributed by atoms with Crippen molar-refractivity contribution in [2.24, 2.45) is 0 Å². The molecule has 1 atom stereocenters. The van der Waals surface area contributed by atoms with Gasteiger partial charge in [-0.15, -0.1) is 0 Å². The van der Waals surface area contributed by atoms with E-state index in [1.54, 1.807) is 19.1 Å². The second-order valence-corrected chi connectivity index (χ2v) is 2.84. The summed E-state index contributed by atoms with van der Waals surface area (Å²) >= 11 is 5.80. The molecule has 78 valence electrons. The maximum absolute atomic E-state index is 11.0. The molecule has 4 heteroatoms. The summed E-state index contributed by atoms with van der Waals surface area (Å²) in [6, 6.07) is 0. The number of esters is 1. The lowest BCUT2D eigenvalue weighted by atomic mass is 10.1. The van der Waals surface area contributed by atoms with Gasteiger partial charge in [-0.3, -0.25) is 0 Å². The van der Waals surface area contributed by atoms with Gasteiger partial charge in [0.2, 0.25) is 0 Å². The highest BCUT2D eigenvalue weighted by molar-refractivity contribution is 6.32. The first-order valence-corrected chi connectivity index (χ1v) is 4.37. The van der Waals surface area contributed by atoms with E-state index in [1.165, 1.54) is 13.2 Å². The number of ether oxygens (including phenoxy) is 1. The van der Waals surface area contributed by atoms with Gasteiger partial charge < -0.3 is 9.84 Å². The molecule has 0 bridgehead atoms. The summed E-state index contributed by atoms with van der Waals surface area (Å²) in [7, 11) is 1.19. The van der Waals surface area contributed by atoms with Crippen LogP contribution in [0.25, 0.3) is 0 Å². The first-order chi connectivity index (χ1) is 6.58. The molecule has 0 amide bonds. The summed E-state index contributed by atoms with van der Waals surface area (Å²) in [5.41, 5.74) is 0.233. The number of hydrogen-bond donors (Lipinski definition) is 1. The predicted octanol–water partition coefficient (Wildman–Crippen LogP) is 1.78. The van der Waals surface area contributed by atoms with Crippen molar-refractivity contribution in [2.45, 2.75) is 13.0 Å². The molecule has 0 aromatic carbocycles. The summed E-state index contributed by atoms with van der Waals surface area (Å²) in [5, 5.41) is 9.72. The van der Waals surface area contributed by atoms with Crippen LogP contribution in [-0.4, -0.2) is 24.3 Å². The number of rotatable bonds is 4. The van der Waals surface area contributed by atoms with Crippen LogP contribution in [0.4, 0.5) is 0 Å². The van der Waals surface area contributed by atoms with Crippen LogP contribution in [0.2, 0.25) is 0 Å². The lowest BCUT2D eigenvalue weighted by Crippen LogP contribution is -2.23. The van der Waals surface area contributed by atoms with Crippen LogP contribution in [0.5, 0.6) is 0 Å². The van der Waals surface area contributed by atoms with Crippen LogP contribution >= 0.6 is 11.6 Å². The van der Waals surface area contributed by atoms with Crippen molar-refractivity contribution < 1.29 is 14.6 Å². The Balaban J connectivity index is 4.97. The first kappa shape index (κ1) is 12.9. The molecular formula is C10H13ClO3. The third-order valence-corrected chi connectivity index (χ3v) is 1.87. The predicted molar refractivity (Wildman–Crippen MR) is 55.9 cm³/mol. The van der Waals surface area contributed by atoms with E-state index >= 15 is 0 Å². The average Bonchev–Trinajstić information content (AvgIpc) is 2.18. The largest absolute Gasteiger partial charge is 0.467 e. The Labute approximate surface area is 88.3 Å². The molecule has 0 unspecified atom stereocenters. The molecule has 0 aromatic rings. The molecular weight excluding hydrogens is 204 g/mol. The minimum atomic E-state index is -1.39. The quantitative estimate of drug-likeness (QED) is 0.576. The normalized spacial score (nSPS) is 14.9. The highest BCUT2D eigenvalue weighted by Gasteiger charge is 2.20. The van der Waals surface area contributed by atoms with Gasteiger partial charge in [-0.05, 0) is 13.0 Å². The van der Waals surface area contributed by atoms with E-state index in [9.17, 15) is 9.90 Å². The molecule has 0 rings (SSSR count). The Kier molecular flexibility index (Phi) is 5.92. The fourth-order valence-corrected chi connectivity index (χ4v) is 1.13. The Hall–Kier alpha value is -1.06. The van der Waals surface area contributed by atoms with Crippen molar-refractivity contribution in [3.63, 3.8) is 0 Å². The molecule has 0 saturated carbocycles. The molecule has 1 N–H and O–H groups in total. The molecule has 0 aromatic heterocycles. The maximum Gasteiger partial charge on any atom is 0.339 e. The summed E-state index contributed by atoms with van der Waals surface area (Å²) < 4.78 is 4.37. The SMILES string of the molecule is C=C/C(=C(Cl)\C=C/C)[C@@H](O)C(=O)OC. The van der Waals surface area contributed by atoms with E-state index < -0.39 is 12.1 Å². The molecule has 0 aliphatic rings. The molecule has 0 aliphatic carbocycles. The average molecular weight is 217 g/mol. The van der Waals surface area contributed by atoms with Crippen LogP contribution < -0.4 is 0 Å². The third-order valence-electron chi connectivity index (χ3n) is 1.53. The van der Waals surface area contributed by atoms with Crippen molar-refractivity contribution in [1.82, 2.24) is 0 Å². The van der Waals surface area contributed by atoms with Crippen LogP contribution in [-0.2, 0) is 9.53 Å². The number of methoxy groups -OCH3 is 1. The molecule has 0 spiro atoms. The van der Waals surface area contributed by atoms with Gasteiger partial charge in [0.25, 0.3) is 0 Å². The summed E-state index contributed by atoms with van der Waals surface area (Å²) in [4.78, 5) is 11.0. The van der Waals surface area contributed by atoms with Crippen LogP contribution in [0.3, 0.4) is 0 Å². The van der Waals surface area contributed by atoms with Gasteiger partial charge >= 0.3 is 5.97 Å². The molecule has 14 heavy (non-hydrogen) atoms. The van der Waals surface area contributed by atoms with Gasteiger partial charge in [-0.2, -0.15) is 0 Å². The van der Waals surface area contributed by atoms with E-state index in [4.69, 9.17) is 11.6 Å². The molecule has 0 heterocycles. The number of aliphatic hydroxyl groups is 1. The zero-order chi connectivity index (χ0) is 11.1. The van der Waals surface area contributed by atoms with E-state index in [-0.39, 0.29) is 10.6 Å². The van der Waals surface area contributed by atoms with E-state index in [1.807, 2.05) is 0 Å². The second-order valence-electron chi connectivity index (χ2n) is 2.43. The van der Waals surface area contributed by atoms with Crippen molar-refractivity contribution in [1.29, 1.82) is 0 Å². The summed E-state index contributed by atoms with van der Waals surface area (Å²) in [6.45, 7) is 5.23.